The van der Waals surface area contributed by atoms with Crippen molar-refractivity contribution in [3.05, 3.63) is 64.9 Å². The van der Waals surface area contributed by atoms with Crippen molar-refractivity contribution in [2.75, 3.05) is 6.54 Å². The molecule has 1 aromatic heterocycles. The highest BCUT2D eigenvalue weighted by atomic mass is 32.1. The van der Waals surface area contributed by atoms with Gasteiger partial charge in [-0.1, -0.05) is 36.4 Å². The normalized spacial score (nSPS) is 23.6. The van der Waals surface area contributed by atoms with Crippen LogP contribution in [0.2, 0.25) is 0 Å². The Kier molecular flexibility index (Phi) is 3.40. The molecule has 1 fully saturated rings. The Morgan fingerprint density at radius 1 is 1.14 bits per heavy atom. The molecule has 2 atom stereocenters. The lowest BCUT2D eigenvalue weighted by molar-refractivity contribution is 0.166. The van der Waals surface area contributed by atoms with Gasteiger partial charge in [-0.25, -0.2) is 0 Å². The van der Waals surface area contributed by atoms with E-state index in [2.05, 4.69) is 59.3 Å². The summed E-state index contributed by atoms with van der Waals surface area (Å²) in [6, 6.07) is 16.9. The van der Waals surface area contributed by atoms with Gasteiger partial charge >= 0.3 is 0 Å². The third-order valence-electron chi connectivity index (χ3n) is 4.60. The van der Waals surface area contributed by atoms with E-state index in [1.54, 1.807) is 11.3 Å². The van der Waals surface area contributed by atoms with Crippen LogP contribution in [0.1, 0.15) is 24.3 Å². The summed E-state index contributed by atoms with van der Waals surface area (Å²) < 4.78 is 6.53. The second-order valence-corrected chi connectivity index (χ2v) is 6.78. The van der Waals surface area contributed by atoms with Crippen LogP contribution in [0, 0.1) is 0 Å². The van der Waals surface area contributed by atoms with Crippen molar-refractivity contribution in [2.45, 2.75) is 24.4 Å². The van der Waals surface area contributed by atoms with E-state index in [1.807, 2.05) is 0 Å². The van der Waals surface area contributed by atoms with Crippen molar-refractivity contribution in [3.63, 3.8) is 0 Å². The number of benzene rings is 2. The van der Waals surface area contributed by atoms with Crippen LogP contribution in [0.4, 0.5) is 0 Å². The lowest BCUT2D eigenvalue weighted by atomic mass is 10.1. The van der Waals surface area contributed by atoms with Crippen LogP contribution in [-0.2, 0) is 0 Å². The van der Waals surface area contributed by atoms with Crippen LogP contribution in [0.15, 0.2) is 59.3 Å². The second kappa shape index (κ2) is 5.41. The standard InChI is InChI=1S/C19H19NOS/c20-10-9-19(12-17(19)15-8-11-22-13-15)21-18-7-3-5-14-4-1-2-6-16(14)18/h1-8,11,13,17H,9-10,12,20H2/t17-,19-/m1/s1. The molecule has 2 N–H and O–H groups in total. The summed E-state index contributed by atoms with van der Waals surface area (Å²) in [5, 5.41) is 6.77. The lowest BCUT2D eigenvalue weighted by Gasteiger charge is -2.20. The Bertz CT molecular complexity index is 778. The van der Waals surface area contributed by atoms with Crippen LogP contribution in [-0.4, -0.2) is 12.1 Å². The van der Waals surface area contributed by atoms with E-state index >= 15 is 0 Å². The first kappa shape index (κ1) is 13.8. The molecule has 0 unspecified atom stereocenters. The number of hydrogen-bond acceptors (Lipinski definition) is 3. The van der Waals surface area contributed by atoms with E-state index in [0.29, 0.717) is 12.5 Å². The molecule has 2 aromatic carbocycles. The second-order valence-electron chi connectivity index (χ2n) is 6.00. The van der Waals surface area contributed by atoms with Gasteiger partial charge in [-0.15, -0.1) is 0 Å². The van der Waals surface area contributed by atoms with Crippen molar-refractivity contribution in [1.29, 1.82) is 0 Å². The van der Waals surface area contributed by atoms with Gasteiger partial charge in [-0.2, -0.15) is 11.3 Å². The SMILES string of the molecule is NCC[C@@]1(Oc2cccc3ccccc23)C[C@@H]1c1ccsc1. The first-order valence-corrected chi connectivity index (χ1v) is 8.66. The monoisotopic (exact) mass is 309 g/mol. The van der Waals surface area contributed by atoms with E-state index in [1.165, 1.54) is 16.3 Å². The third-order valence-corrected chi connectivity index (χ3v) is 5.30. The highest BCUT2D eigenvalue weighted by molar-refractivity contribution is 7.08. The zero-order valence-corrected chi connectivity index (χ0v) is 13.2. The Balaban J connectivity index is 1.68. The molecule has 1 saturated carbocycles. The van der Waals surface area contributed by atoms with Crippen molar-refractivity contribution in [1.82, 2.24) is 0 Å². The van der Waals surface area contributed by atoms with E-state index in [0.717, 1.165) is 18.6 Å². The number of ether oxygens (including phenoxy) is 1. The molecule has 0 saturated heterocycles. The molecule has 2 nitrogen and oxygen atoms in total. The summed E-state index contributed by atoms with van der Waals surface area (Å²) in [5.74, 6) is 1.45. The predicted molar refractivity (Wildman–Crippen MR) is 92.7 cm³/mol. The number of thiophene rings is 1. The summed E-state index contributed by atoms with van der Waals surface area (Å²) in [4.78, 5) is 0. The molecule has 1 aliphatic carbocycles. The molecule has 0 spiro atoms. The van der Waals surface area contributed by atoms with Crippen molar-refractivity contribution < 1.29 is 4.74 Å². The summed E-state index contributed by atoms with van der Waals surface area (Å²) in [7, 11) is 0. The number of rotatable bonds is 5. The maximum Gasteiger partial charge on any atom is 0.128 e. The first-order valence-electron chi connectivity index (χ1n) is 7.71. The fourth-order valence-corrected chi connectivity index (χ4v) is 4.08. The largest absolute Gasteiger partial charge is 0.486 e. The summed E-state index contributed by atoms with van der Waals surface area (Å²) in [5.41, 5.74) is 7.12. The van der Waals surface area contributed by atoms with Gasteiger partial charge in [0.05, 0.1) is 0 Å². The third kappa shape index (κ3) is 2.31. The van der Waals surface area contributed by atoms with E-state index in [4.69, 9.17) is 10.5 Å². The molecule has 3 heteroatoms. The van der Waals surface area contributed by atoms with Crippen molar-refractivity contribution >= 4 is 22.1 Å². The van der Waals surface area contributed by atoms with Gasteiger partial charge in [0.25, 0.3) is 0 Å². The lowest BCUT2D eigenvalue weighted by Crippen LogP contribution is -2.24. The Labute approximate surface area is 134 Å². The van der Waals surface area contributed by atoms with Gasteiger partial charge in [-0.05, 0) is 53.2 Å². The highest BCUT2D eigenvalue weighted by Gasteiger charge is 2.57. The molecule has 1 aliphatic rings. The molecule has 112 valence electrons. The van der Waals surface area contributed by atoms with Gasteiger partial charge in [0.1, 0.15) is 11.4 Å². The minimum atomic E-state index is -0.125. The number of fused-ring (bicyclic) bond motifs is 1. The van der Waals surface area contributed by atoms with Crippen LogP contribution in [0.5, 0.6) is 5.75 Å². The zero-order valence-electron chi connectivity index (χ0n) is 12.4. The highest BCUT2D eigenvalue weighted by Crippen LogP contribution is 2.56. The molecule has 0 radical (unpaired) electrons. The van der Waals surface area contributed by atoms with Crippen LogP contribution < -0.4 is 10.5 Å². The Hall–Kier alpha value is -1.84. The van der Waals surface area contributed by atoms with Gasteiger partial charge < -0.3 is 10.5 Å². The molecular weight excluding hydrogens is 290 g/mol. The summed E-state index contributed by atoms with van der Waals surface area (Å²) >= 11 is 1.75. The molecule has 4 rings (SSSR count). The topological polar surface area (TPSA) is 35.2 Å². The average Bonchev–Trinajstić information content (AvgIpc) is 2.99. The van der Waals surface area contributed by atoms with Crippen molar-refractivity contribution in [2.24, 2.45) is 5.73 Å². The van der Waals surface area contributed by atoms with Crippen LogP contribution in [0.25, 0.3) is 10.8 Å². The summed E-state index contributed by atoms with van der Waals surface area (Å²) in [6.07, 6.45) is 1.96. The maximum atomic E-state index is 6.53. The maximum absolute atomic E-state index is 6.53. The van der Waals surface area contributed by atoms with Crippen molar-refractivity contribution in [3.8, 4) is 5.75 Å². The molecule has 0 aliphatic heterocycles. The minimum absolute atomic E-state index is 0.125. The predicted octanol–water partition coefficient (Wildman–Crippen LogP) is 4.56. The van der Waals surface area contributed by atoms with Gasteiger partial charge in [0.15, 0.2) is 0 Å². The average molecular weight is 309 g/mol. The van der Waals surface area contributed by atoms with Gasteiger partial charge in [0.2, 0.25) is 0 Å². The van der Waals surface area contributed by atoms with Gasteiger partial charge in [0, 0.05) is 11.3 Å². The molecular formula is C19H19NOS. The van der Waals surface area contributed by atoms with Gasteiger partial charge in [-0.3, -0.25) is 0 Å². The Morgan fingerprint density at radius 2 is 2.00 bits per heavy atom. The zero-order chi connectivity index (χ0) is 15.0. The molecule has 3 aromatic rings. The Morgan fingerprint density at radius 3 is 2.82 bits per heavy atom. The quantitative estimate of drug-likeness (QED) is 0.750. The minimum Gasteiger partial charge on any atom is -0.486 e. The van der Waals surface area contributed by atoms with E-state index in [-0.39, 0.29) is 5.60 Å². The first-order chi connectivity index (χ1) is 10.8. The number of nitrogens with two attached hydrogens (primary N) is 1. The fourth-order valence-electron chi connectivity index (χ4n) is 3.37. The van der Waals surface area contributed by atoms with Crippen LogP contribution >= 0.6 is 11.3 Å². The molecule has 22 heavy (non-hydrogen) atoms. The number of hydrogen-bond donors (Lipinski definition) is 1. The fraction of sp³-hybridized carbons (Fsp3) is 0.263. The molecule has 0 bridgehead atoms. The smallest absolute Gasteiger partial charge is 0.128 e. The summed E-state index contributed by atoms with van der Waals surface area (Å²) in [6.45, 7) is 0.658. The van der Waals surface area contributed by atoms with Crippen LogP contribution in [0.3, 0.4) is 0 Å². The molecule has 0 amide bonds. The van der Waals surface area contributed by atoms with E-state index < -0.39 is 0 Å². The van der Waals surface area contributed by atoms with E-state index in [9.17, 15) is 0 Å². The molecule has 1 heterocycles.